The van der Waals surface area contributed by atoms with Crippen LogP contribution in [-0.2, 0) is 21.4 Å². The molecule has 4 aromatic rings. The number of fused-ring (bicyclic) bond motifs is 1. The van der Waals surface area contributed by atoms with Gasteiger partial charge in [-0.3, -0.25) is 0 Å². The van der Waals surface area contributed by atoms with E-state index in [0.717, 1.165) is 23.4 Å². The number of nitrogens with one attached hydrogen (secondary N) is 1. The second kappa shape index (κ2) is 9.79. The number of pyridine rings is 1. The number of alkyl carbamates (subject to hydrolysis) is 1. The molecule has 1 fully saturated rings. The molecular formula is C29H28FN3O4S. The molecule has 2 heterocycles. The minimum Gasteiger partial charge on any atom is -0.480 e. The molecule has 0 bridgehead atoms. The van der Waals surface area contributed by atoms with Crippen LogP contribution in [0.15, 0.2) is 60.7 Å². The standard InChI is InChI=1S/C29H28FN3O4S/c1-28(2,3)37-27(36)32-22(26(34)35)16-17-9-10-19(20(30)15-17)24-31-21-11-12-23(33-25(21)38-24)29(13-14-29)18-7-5-4-6-8-18/h4-12,15,22H,13-14,16H2,1-3H3,(H,32,36)(H,34,35)/t22-/m1/s1. The molecule has 1 aliphatic rings. The number of halogens is 1. The van der Waals surface area contributed by atoms with E-state index in [2.05, 4.69) is 22.4 Å². The molecule has 0 radical (unpaired) electrons. The normalized spacial score (nSPS) is 15.2. The Kier molecular flexibility index (Phi) is 6.65. The minimum absolute atomic E-state index is 0.0689. The van der Waals surface area contributed by atoms with Gasteiger partial charge in [-0.05, 0) is 69.0 Å². The third-order valence-corrected chi connectivity index (χ3v) is 7.51. The number of carboxylic acids is 1. The largest absolute Gasteiger partial charge is 0.480 e. The van der Waals surface area contributed by atoms with E-state index in [9.17, 15) is 14.7 Å². The van der Waals surface area contributed by atoms with Crippen molar-refractivity contribution in [2.24, 2.45) is 0 Å². The van der Waals surface area contributed by atoms with Gasteiger partial charge in [-0.25, -0.2) is 23.9 Å². The van der Waals surface area contributed by atoms with Crippen LogP contribution in [0.5, 0.6) is 0 Å². The molecule has 0 saturated heterocycles. The second-order valence-corrected chi connectivity index (χ2v) is 11.5. The van der Waals surface area contributed by atoms with E-state index in [-0.39, 0.29) is 11.8 Å². The number of aromatic nitrogens is 2. The van der Waals surface area contributed by atoms with Crippen molar-refractivity contribution in [1.29, 1.82) is 0 Å². The van der Waals surface area contributed by atoms with Gasteiger partial charge in [-0.2, -0.15) is 0 Å². The Balaban J connectivity index is 1.36. The van der Waals surface area contributed by atoms with Crippen molar-refractivity contribution in [2.75, 3.05) is 0 Å². The van der Waals surface area contributed by atoms with Gasteiger partial charge in [0.1, 0.15) is 32.8 Å². The monoisotopic (exact) mass is 533 g/mol. The number of carbonyl (C=O) groups excluding carboxylic acids is 1. The summed E-state index contributed by atoms with van der Waals surface area (Å²) in [5, 5.41) is 12.4. The van der Waals surface area contributed by atoms with E-state index >= 15 is 4.39 Å². The number of amides is 1. The Labute approximate surface area is 223 Å². The molecule has 2 aromatic heterocycles. The van der Waals surface area contributed by atoms with Crippen LogP contribution < -0.4 is 5.32 Å². The molecule has 9 heteroatoms. The second-order valence-electron chi connectivity index (χ2n) is 10.5. The maximum atomic E-state index is 15.2. The Morgan fingerprint density at radius 3 is 2.47 bits per heavy atom. The summed E-state index contributed by atoms with van der Waals surface area (Å²) in [5.41, 5.74) is 2.85. The van der Waals surface area contributed by atoms with E-state index in [1.54, 1.807) is 32.9 Å². The fourth-order valence-electron chi connectivity index (χ4n) is 4.52. The summed E-state index contributed by atoms with van der Waals surface area (Å²) in [4.78, 5) is 34.0. The summed E-state index contributed by atoms with van der Waals surface area (Å²) in [6.45, 7) is 5.05. The van der Waals surface area contributed by atoms with E-state index in [1.807, 2.05) is 30.3 Å². The van der Waals surface area contributed by atoms with Crippen LogP contribution in [0, 0.1) is 5.82 Å². The minimum atomic E-state index is -1.26. The van der Waals surface area contributed by atoms with Crippen LogP contribution in [0.4, 0.5) is 9.18 Å². The van der Waals surface area contributed by atoms with E-state index in [1.165, 1.54) is 23.0 Å². The van der Waals surface area contributed by atoms with Crippen molar-refractivity contribution in [1.82, 2.24) is 15.3 Å². The average molecular weight is 534 g/mol. The molecule has 5 rings (SSSR count). The number of aliphatic carboxylic acids is 1. The number of ether oxygens (including phenoxy) is 1. The number of rotatable bonds is 7. The summed E-state index contributed by atoms with van der Waals surface area (Å²) >= 11 is 1.33. The fraction of sp³-hybridized carbons (Fsp3) is 0.310. The number of carboxylic acid groups (broad SMARTS) is 1. The van der Waals surface area contributed by atoms with Gasteiger partial charge in [0, 0.05) is 17.4 Å². The highest BCUT2D eigenvalue weighted by Crippen LogP contribution is 2.53. The Morgan fingerprint density at radius 2 is 1.84 bits per heavy atom. The molecule has 0 spiro atoms. The molecule has 0 unspecified atom stereocenters. The summed E-state index contributed by atoms with van der Waals surface area (Å²) < 4.78 is 20.3. The zero-order chi connectivity index (χ0) is 27.1. The fourth-order valence-corrected chi connectivity index (χ4v) is 5.48. The van der Waals surface area contributed by atoms with Crippen molar-refractivity contribution < 1.29 is 23.8 Å². The lowest BCUT2D eigenvalue weighted by atomic mass is 9.92. The number of nitrogens with zero attached hydrogens (tertiary/aromatic N) is 2. The first-order valence-corrected chi connectivity index (χ1v) is 13.2. The zero-order valence-corrected chi connectivity index (χ0v) is 22.1. The lowest BCUT2D eigenvalue weighted by Crippen LogP contribution is -2.44. The first kappa shape index (κ1) is 25.8. The third-order valence-electron chi connectivity index (χ3n) is 6.52. The van der Waals surface area contributed by atoms with Gasteiger partial charge in [-0.1, -0.05) is 47.7 Å². The summed E-state index contributed by atoms with van der Waals surface area (Å²) in [6.07, 6.45) is 1.14. The van der Waals surface area contributed by atoms with Gasteiger partial charge in [-0.15, -0.1) is 0 Å². The highest BCUT2D eigenvalue weighted by Gasteiger charge is 2.47. The predicted molar refractivity (Wildman–Crippen MR) is 144 cm³/mol. The first-order valence-electron chi connectivity index (χ1n) is 12.4. The number of carbonyl (C=O) groups is 2. The van der Waals surface area contributed by atoms with Crippen LogP contribution in [0.3, 0.4) is 0 Å². The van der Waals surface area contributed by atoms with E-state index in [0.29, 0.717) is 21.7 Å². The quantitative estimate of drug-likeness (QED) is 0.298. The van der Waals surface area contributed by atoms with Gasteiger partial charge in [0.25, 0.3) is 0 Å². The van der Waals surface area contributed by atoms with Crippen LogP contribution in [0.2, 0.25) is 0 Å². The smallest absolute Gasteiger partial charge is 0.408 e. The number of hydrogen-bond acceptors (Lipinski definition) is 6. The number of thiazole rings is 1. The highest BCUT2D eigenvalue weighted by molar-refractivity contribution is 7.21. The Bertz CT molecular complexity index is 1510. The first-order chi connectivity index (χ1) is 18.0. The lowest BCUT2D eigenvalue weighted by Gasteiger charge is -2.22. The summed E-state index contributed by atoms with van der Waals surface area (Å²) in [7, 11) is 0. The maximum absolute atomic E-state index is 15.2. The molecular weight excluding hydrogens is 505 g/mol. The molecule has 7 nitrogen and oxygen atoms in total. The van der Waals surface area contributed by atoms with Gasteiger partial charge in [0.15, 0.2) is 0 Å². The molecule has 2 N–H and O–H groups in total. The summed E-state index contributed by atoms with van der Waals surface area (Å²) in [6, 6.07) is 17.5. The molecule has 196 valence electrons. The molecule has 1 amide bonds. The third kappa shape index (κ3) is 5.38. The van der Waals surface area contributed by atoms with Crippen molar-refractivity contribution in [3.05, 3.63) is 83.3 Å². The topological polar surface area (TPSA) is 101 Å². The molecule has 2 aromatic carbocycles. The SMILES string of the molecule is CC(C)(C)OC(=O)N[C@H](Cc1ccc(-c2nc3ccc(C4(c5ccccc5)CC4)nc3s2)c(F)c1)C(=O)O. The van der Waals surface area contributed by atoms with Crippen LogP contribution in [0.25, 0.3) is 20.9 Å². The molecule has 38 heavy (non-hydrogen) atoms. The van der Waals surface area contributed by atoms with Crippen molar-refractivity contribution in [3.63, 3.8) is 0 Å². The Morgan fingerprint density at radius 1 is 1.11 bits per heavy atom. The van der Waals surface area contributed by atoms with Crippen LogP contribution >= 0.6 is 11.3 Å². The van der Waals surface area contributed by atoms with E-state index < -0.39 is 29.5 Å². The molecule has 0 aliphatic heterocycles. The highest BCUT2D eigenvalue weighted by atomic mass is 32.1. The van der Waals surface area contributed by atoms with Gasteiger partial charge >= 0.3 is 12.1 Å². The molecule has 1 saturated carbocycles. The van der Waals surface area contributed by atoms with Gasteiger partial charge < -0.3 is 15.2 Å². The number of benzene rings is 2. The maximum Gasteiger partial charge on any atom is 0.408 e. The number of hydrogen-bond donors (Lipinski definition) is 2. The van der Waals surface area contributed by atoms with Gasteiger partial charge in [0.2, 0.25) is 0 Å². The van der Waals surface area contributed by atoms with Crippen LogP contribution in [0.1, 0.15) is 50.4 Å². The predicted octanol–water partition coefficient (Wildman–Crippen LogP) is 6.10. The van der Waals surface area contributed by atoms with Crippen LogP contribution in [-0.4, -0.2) is 38.8 Å². The lowest BCUT2D eigenvalue weighted by molar-refractivity contribution is -0.139. The molecule has 1 atom stereocenters. The summed E-state index contributed by atoms with van der Waals surface area (Å²) in [5.74, 6) is -1.76. The van der Waals surface area contributed by atoms with Gasteiger partial charge in [0.05, 0.1) is 5.69 Å². The van der Waals surface area contributed by atoms with E-state index in [4.69, 9.17) is 9.72 Å². The van der Waals surface area contributed by atoms with Crippen molar-refractivity contribution in [2.45, 2.75) is 57.1 Å². The molecule has 1 aliphatic carbocycles. The zero-order valence-electron chi connectivity index (χ0n) is 21.3. The van der Waals surface area contributed by atoms with Crippen molar-refractivity contribution in [3.8, 4) is 10.6 Å². The average Bonchev–Trinajstić information content (AvgIpc) is 3.56. The Hall–Kier alpha value is -3.85. The van der Waals surface area contributed by atoms with Crippen molar-refractivity contribution >= 4 is 33.7 Å².